The van der Waals surface area contributed by atoms with Crippen LogP contribution in [0.5, 0.6) is 23.1 Å². The summed E-state index contributed by atoms with van der Waals surface area (Å²) in [5.74, 6) is 2.58. The number of aryl methyl sites for hydroxylation is 1. The molecule has 0 amide bonds. The first-order valence-electron chi connectivity index (χ1n) is 9.75. The maximum Gasteiger partial charge on any atom is 0.265 e. The van der Waals surface area contributed by atoms with Gasteiger partial charge in [-0.3, -0.25) is 9.29 Å². The highest BCUT2D eigenvalue weighted by atomic mass is 32.2. The smallest absolute Gasteiger partial charge is 0.265 e. The second-order valence-electron chi connectivity index (χ2n) is 6.83. The zero-order valence-electron chi connectivity index (χ0n) is 18.1. The van der Waals surface area contributed by atoms with Crippen LogP contribution in [0.3, 0.4) is 0 Å². The third-order valence-electron chi connectivity index (χ3n) is 4.56. The highest BCUT2D eigenvalue weighted by molar-refractivity contribution is 7.92. The normalized spacial score (nSPS) is 11.1. The number of anilines is 1. The molecule has 0 atom stereocenters. The molecule has 2 heterocycles. The minimum Gasteiger partial charge on any atom is -0.497 e. The molecule has 10 nitrogen and oxygen atoms in total. The van der Waals surface area contributed by atoms with Gasteiger partial charge >= 0.3 is 0 Å². The van der Waals surface area contributed by atoms with Gasteiger partial charge in [0.15, 0.2) is 0 Å². The first-order valence-corrected chi connectivity index (χ1v) is 11.2. The lowest BCUT2D eigenvalue weighted by Crippen LogP contribution is -2.14. The summed E-state index contributed by atoms with van der Waals surface area (Å²) >= 11 is 0. The van der Waals surface area contributed by atoms with Gasteiger partial charge in [-0.05, 0) is 43.3 Å². The highest BCUT2D eigenvalue weighted by Crippen LogP contribution is 2.30. The maximum atomic E-state index is 12.9. The number of nitrogens with one attached hydrogen (secondary N) is 1. The quantitative estimate of drug-likeness (QED) is 0.418. The SMILES string of the molecule is COc1ccc(OC)c(S(=O)(=O)Nc2ccc(Oc3cc(-n4ccnc4)nc(C)n3)cc2)c1. The second kappa shape index (κ2) is 9.17. The van der Waals surface area contributed by atoms with Crippen molar-refractivity contribution in [2.75, 3.05) is 18.9 Å². The Morgan fingerprint density at radius 2 is 1.70 bits per heavy atom. The van der Waals surface area contributed by atoms with Crippen LogP contribution in [-0.2, 0) is 10.0 Å². The van der Waals surface area contributed by atoms with Crippen LogP contribution in [-0.4, -0.2) is 42.2 Å². The Labute approximate surface area is 190 Å². The average molecular weight is 468 g/mol. The Balaban J connectivity index is 1.53. The molecule has 0 aliphatic rings. The summed E-state index contributed by atoms with van der Waals surface area (Å²) in [5.41, 5.74) is 0.352. The number of imidazole rings is 1. The Kier molecular flexibility index (Phi) is 6.13. The summed E-state index contributed by atoms with van der Waals surface area (Å²) < 4.78 is 46.3. The lowest BCUT2D eigenvalue weighted by molar-refractivity contribution is 0.392. The molecule has 2 aromatic carbocycles. The van der Waals surface area contributed by atoms with E-state index in [1.807, 2.05) is 0 Å². The summed E-state index contributed by atoms with van der Waals surface area (Å²) in [5, 5.41) is 0. The molecule has 0 bridgehead atoms. The molecule has 1 N–H and O–H groups in total. The van der Waals surface area contributed by atoms with Crippen LogP contribution in [0.4, 0.5) is 5.69 Å². The van der Waals surface area contributed by atoms with Crippen molar-refractivity contribution in [3.8, 4) is 28.9 Å². The minimum absolute atomic E-state index is 0.0341. The number of methoxy groups -OCH3 is 2. The van der Waals surface area contributed by atoms with E-state index in [0.717, 1.165) is 0 Å². The number of hydrogen-bond donors (Lipinski definition) is 1. The molecule has 0 saturated carbocycles. The van der Waals surface area contributed by atoms with Crippen LogP contribution < -0.4 is 18.9 Å². The zero-order valence-corrected chi connectivity index (χ0v) is 18.9. The van der Waals surface area contributed by atoms with Gasteiger partial charge < -0.3 is 14.2 Å². The van der Waals surface area contributed by atoms with Crippen LogP contribution in [0.1, 0.15) is 5.82 Å². The van der Waals surface area contributed by atoms with E-state index in [1.54, 1.807) is 66.6 Å². The Morgan fingerprint density at radius 1 is 0.939 bits per heavy atom. The number of nitrogens with zero attached hydrogens (tertiary/aromatic N) is 4. The zero-order chi connectivity index (χ0) is 23.4. The van der Waals surface area contributed by atoms with Gasteiger partial charge in [0.05, 0.1) is 14.2 Å². The van der Waals surface area contributed by atoms with E-state index < -0.39 is 10.0 Å². The fourth-order valence-corrected chi connectivity index (χ4v) is 4.26. The molecule has 0 spiro atoms. The van der Waals surface area contributed by atoms with E-state index in [1.165, 1.54) is 26.4 Å². The Hall–Kier alpha value is -4.12. The van der Waals surface area contributed by atoms with Gasteiger partial charge in [-0.15, -0.1) is 0 Å². The number of hydrogen-bond acceptors (Lipinski definition) is 8. The molecule has 11 heteroatoms. The van der Waals surface area contributed by atoms with Crippen molar-refractivity contribution in [1.29, 1.82) is 0 Å². The predicted octanol–water partition coefficient (Wildman–Crippen LogP) is 3.58. The molecule has 170 valence electrons. The fraction of sp³-hybridized carbons (Fsp3) is 0.136. The van der Waals surface area contributed by atoms with Gasteiger partial charge in [0.25, 0.3) is 10.0 Å². The molecule has 0 fully saturated rings. The first kappa shape index (κ1) is 22.1. The van der Waals surface area contributed by atoms with Gasteiger partial charge in [0, 0.05) is 30.2 Å². The van der Waals surface area contributed by atoms with Crippen LogP contribution in [0, 0.1) is 6.92 Å². The topological polar surface area (TPSA) is 117 Å². The van der Waals surface area contributed by atoms with Crippen molar-refractivity contribution in [1.82, 2.24) is 19.5 Å². The summed E-state index contributed by atoms with van der Waals surface area (Å²) in [6, 6.07) is 12.7. The molecule has 4 rings (SSSR count). The number of benzene rings is 2. The van der Waals surface area contributed by atoms with Crippen LogP contribution in [0.25, 0.3) is 5.82 Å². The number of aromatic nitrogens is 4. The van der Waals surface area contributed by atoms with Crippen molar-refractivity contribution in [3.63, 3.8) is 0 Å². The largest absolute Gasteiger partial charge is 0.497 e. The van der Waals surface area contributed by atoms with Crippen molar-refractivity contribution >= 4 is 15.7 Å². The molecule has 0 saturated heterocycles. The number of sulfonamides is 1. The molecular formula is C22H21N5O5S. The summed E-state index contributed by atoms with van der Waals surface area (Å²) in [6.45, 7) is 1.76. The van der Waals surface area contributed by atoms with Crippen molar-refractivity contribution in [2.24, 2.45) is 0 Å². The molecule has 0 unspecified atom stereocenters. The third kappa shape index (κ3) is 5.04. The van der Waals surface area contributed by atoms with E-state index in [0.29, 0.717) is 34.7 Å². The highest BCUT2D eigenvalue weighted by Gasteiger charge is 2.21. The van der Waals surface area contributed by atoms with Gasteiger partial charge in [-0.1, -0.05) is 0 Å². The van der Waals surface area contributed by atoms with E-state index >= 15 is 0 Å². The molecule has 4 aromatic rings. The van der Waals surface area contributed by atoms with Gasteiger partial charge in [0.2, 0.25) is 5.88 Å². The van der Waals surface area contributed by atoms with Gasteiger partial charge in [-0.2, -0.15) is 4.98 Å². The summed E-state index contributed by atoms with van der Waals surface area (Å²) in [4.78, 5) is 12.6. The van der Waals surface area contributed by atoms with Crippen molar-refractivity contribution in [3.05, 3.63) is 73.1 Å². The minimum atomic E-state index is -3.92. The molecular weight excluding hydrogens is 446 g/mol. The standard InChI is InChI=1S/C22H21N5O5S/c1-15-24-21(27-11-10-23-14-27)13-22(25-15)32-17-6-4-16(5-7-17)26-33(28,29)20-12-18(30-2)8-9-19(20)31-3/h4-14,26H,1-3H3. The first-order chi connectivity index (χ1) is 15.9. The van der Waals surface area contributed by atoms with Crippen LogP contribution >= 0.6 is 0 Å². The van der Waals surface area contributed by atoms with Crippen molar-refractivity contribution in [2.45, 2.75) is 11.8 Å². The van der Waals surface area contributed by atoms with Crippen LogP contribution in [0.15, 0.2) is 72.1 Å². The second-order valence-corrected chi connectivity index (χ2v) is 8.48. The number of ether oxygens (including phenoxy) is 3. The van der Waals surface area contributed by atoms with Crippen molar-refractivity contribution < 1.29 is 22.6 Å². The van der Waals surface area contributed by atoms with E-state index in [-0.39, 0.29) is 10.6 Å². The average Bonchev–Trinajstić information content (AvgIpc) is 3.34. The molecule has 0 aliphatic heterocycles. The van der Waals surface area contributed by atoms with Crippen LogP contribution in [0.2, 0.25) is 0 Å². The molecule has 0 aliphatic carbocycles. The molecule has 0 radical (unpaired) electrons. The van der Waals surface area contributed by atoms with E-state index in [9.17, 15) is 8.42 Å². The fourth-order valence-electron chi connectivity index (χ4n) is 3.02. The number of rotatable bonds is 8. The third-order valence-corrected chi connectivity index (χ3v) is 5.96. The lowest BCUT2D eigenvalue weighted by Gasteiger charge is -2.13. The summed E-state index contributed by atoms with van der Waals surface area (Å²) in [7, 11) is -1.06. The van der Waals surface area contributed by atoms with Gasteiger partial charge in [-0.25, -0.2) is 18.4 Å². The monoisotopic (exact) mass is 467 g/mol. The Morgan fingerprint density at radius 3 is 2.36 bits per heavy atom. The van der Waals surface area contributed by atoms with Gasteiger partial charge in [0.1, 0.15) is 40.1 Å². The molecule has 2 aromatic heterocycles. The van der Waals surface area contributed by atoms with E-state index in [2.05, 4.69) is 19.7 Å². The predicted molar refractivity (Wildman–Crippen MR) is 121 cm³/mol. The maximum absolute atomic E-state index is 12.9. The lowest BCUT2D eigenvalue weighted by atomic mass is 10.3. The molecule has 33 heavy (non-hydrogen) atoms. The van der Waals surface area contributed by atoms with E-state index in [4.69, 9.17) is 14.2 Å². The summed E-state index contributed by atoms with van der Waals surface area (Å²) in [6.07, 6.45) is 5.05. The Bertz CT molecular complexity index is 1360.